The zero-order valence-electron chi connectivity index (χ0n) is 5.66. The highest BCUT2D eigenvalue weighted by molar-refractivity contribution is 6.02. The van der Waals surface area contributed by atoms with Crippen molar-refractivity contribution in [3.63, 3.8) is 0 Å². The second-order valence-corrected chi connectivity index (χ2v) is 2.31. The molecule has 0 amide bonds. The molecule has 4 nitrogen and oxygen atoms in total. The van der Waals surface area contributed by atoms with Crippen molar-refractivity contribution in [2.75, 3.05) is 0 Å². The van der Waals surface area contributed by atoms with Crippen molar-refractivity contribution >= 4 is 12.5 Å². The molecule has 3 N–H and O–H groups in total. The first-order chi connectivity index (χ1) is 4.64. The van der Waals surface area contributed by atoms with Gasteiger partial charge in [-0.15, -0.1) is 0 Å². The molecule has 0 radical (unpaired) electrons. The van der Waals surface area contributed by atoms with Crippen LogP contribution in [0.5, 0.6) is 0 Å². The minimum absolute atomic E-state index is 0.503. The number of rotatable bonds is 1. The van der Waals surface area contributed by atoms with E-state index in [9.17, 15) is 4.79 Å². The minimum Gasteiger partial charge on any atom is -0.355 e. The molecule has 1 unspecified atom stereocenters. The molecule has 1 atom stereocenters. The molecule has 0 aliphatic carbocycles. The molecule has 1 aliphatic rings. The van der Waals surface area contributed by atoms with E-state index in [4.69, 9.17) is 5.73 Å². The fourth-order valence-corrected chi connectivity index (χ4v) is 0.577. The van der Waals surface area contributed by atoms with Gasteiger partial charge in [-0.2, -0.15) is 0 Å². The molecule has 0 saturated heterocycles. The Balaban J connectivity index is 2.72. The summed E-state index contributed by atoms with van der Waals surface area (Å²) in [5.74, 6) is -0.757. The quantitative estimate of drug-likeness (QED) is 0.475. The van der Waals surface area contributed by atoms with E-state index in [-0.39, 0.29) is 0 Å². The summed E-state index contributed by atoms with van der Waals surface area (Å²) < 4.78 is 0. The number of aliphatic imine (C=N–C) groups is 1. The van der Waals surface area contributed by atoms with Gasteiger partial charge in [-0.3, -0.25) is 15.5 Å². The molecule has 1 heterocycles. The van der Waals surface area contributed by atoms with Crippen molar-refractivity contribution in [3.8, 4) is 0 Å². The lowest BCUT2D eigenvalue weighted by molar-refractivity contribution is -0.104. The lowest BCUT2D eigenvalue weighted by atomic mass is 10.3. The molecule has 0 saturated carbocycles. The molecule has 4 heteroatoms. The van der Waals surface area contributed by atoms with Crippen LogP contribution in [0.3, 0.4) is 0 Å². The van der Waals surface area contributed by atoms with Crippen LogP contribution in [0.15, 0.2) is 16.8 Å². The number of nitrogens with one attached hydrogen (secondary N) is 1. The first kappa shape index (κ1) is 6.95. The predicted molar refractivity (Wildman–Crippen MR) is 38.4 cm³/mol. The maximum atomic E-state index is 10.1. The smallest absolute Gasteiger partial charge is 0.178 e. The number of carbonyl (C=O) groups excluding carboxylic acids is 1. The summed E-state index contributed by atoms with van der Waals surface area (Å²) in [4.78, 5) is 14.0. The standard InChI is InChI=1S/C6H9N3O/c1-6(7)8-2-5(4-10)3-9-6/h2-4,8H,7H2,1H3. The van der Waals surface area contributed by atoms with E-state index in [1.54, 1.807) is 13.1 Å². The number of allylic oxidation sites excluding steroid dienone is 1. The van der Waals surface area contributed by atoms with Crippen LogP contribution in [-0.4, -0.2) is 18.3 Å². The fourth-order valence-electron chi connectivity index (χ4n) is 0.577. The normalized spacial score (nSPS) is 30.8. The van der Waals surface area contributed by atoms with Crippen LogP contribution in [-0.2, 0) is 4.79 Å². The van der Waals surface area contributed by atoms with Crippen LogP contribution in [0, 0.1) is 0 Å². The largest absolute Gasteiger partial charge is 0.355 e. The van der Waals surface area contributed by atoms with E-state index >= 15 is 0 Å². The maximum absolute atomic E-state index is 10.1. The van der Waals surface area contributed by atoms with Gasteiger partial charge in [0.25, 0.3) is 0 Å². The summed E-state index contributed by atoms with van der Waals surface area (Å²) in [5, 5.41) is 2.75. The van der Waals surface area contributed by atoms with Crippen molar-refractivity contribution in [2.24, 2.45) is 10.7 Å². The second-order valence-electron chi connectivity index (χ2n) is 2.31. The fraction of sp³-hybridized carbons (Fsp3) is 0.333. The highest BCUT2D eigenvalue weighted by Gasteiger charge is 2.15. The molecule has 10 heavy (non-hydrogen) atoms. The Morgan fingerprint density at radius 2 is 2.60 bits per heavy atom. The van der Waals surface area contributed by atoms with Gasteiger partial charge < -0.3 is 5.32 Å². The van der Waals surface area contributed by atoms with Gasteiger partial charge in [0.05, 0.1) is 0 Å². The summed E-state index contributed by atoms with van der Waals surface area (Å²) in [6.45, 7) is 1.71. The Labute approximate surface area is 58.8 Å². The molecule has 0 bridgehead atoms. The summed E-state index contributed by atoms with van der Waals surface area (Å²) in [6.07, 6.45) is 3.70. The van der Waals surface area contributed by atoms with Gasteiger partial charge >= 0.3 is 0 Å². The van der Waals surface area contributed by atoms with Crippen LogP contribution in [0.1, 0.15) is 6.92 Å². The van der Waals surface area contributed by atoms with Gasteiger partial charge in [-0.25, -0.2) is 0 Å². The third-order valence-electron chi connectivity index (χ3n) is 1.15. The number of hydrogen-bond acceptors (Lipinski definition) is 4. The Kier molecular flexibility index (Phi) is 1.55. The van der Waals surface area contributed by atoms with Crippen LogP contribution in [0.4, 0.5) is 0 Å². The van der Waals surface area contributed by atoms with Crippen molar-refractivity contribution in [1.82, 2.24) is 5.32 Å². The Bertz CT molecular complexity index is 205. The van der Waals surface area contributed by atoms with Crippen LogP contribution in [0.2, 0.25) is 0 Å². The van der Waals surface area contributed by atoms with Crippen molar-refractivity contribution < 1.29 is 4.79 Å². The zero-order valence-corrected chi connectivity index (χ0v) is 5.66. The maximum Gasteiger partial charge on any atom is 0.178 e. The number of nitrogens with two attached hydrogens (primary N) is 1. The molecule has 0 aromatic rings. The molecule has 0 fully saturated rings. The summed E-state index contributed by atoms with van der Waals surface area (Å²) >= 11 is 0. The van der Waals surface area contributed by atoms with E-state index in [0.29, 0.717) is 11.9 Å². The summed E-state index contributed by atoms with van der Waals surface area (Å²) in [7, 11) is 0. The van der Waals surface area contributed by atoms with Crippen molar-refractivity contribution in [2.45, 2.75) is 12.7 Å². The first-order valence-corrected chi connectivity index (χ1v) is 2.91. The van der Waals surface area contributed by atoms with E-state index in [1.807, 2.05) is 0 Å². The third-order valence-corrected chi connectivity index (χ3v) is 1.15. The van der Waals surface area contributed by atoms with Gasteiger partial charge in [0.1, 0.15) is 0 Å². The first-order valence-electron chi connectivity index (χ1n) is 2.91. The molecule has 1 aliphatic heterocycles. The Morgan fingerprint density at radius 3 is 3.00 bits per heavy atom. The van der Waals surface area contributed by atoms with Crippen LogP contribution in [0.25, 0.3) is 0 Å². The molecule has 0 aromatic heterocycles. The van der Waals surface area contributed by atoms with Gasteiger partial charge in [-0.1, -0.05) is 0 Å². The predicted octanol–water partition coefficient (Wildman–Crippen LogP) is -0.624. The van der Waals surface area contributed by atoms with E-state index in [1.165, 1.54) is 6.21 Å². The third kappa shape index (κ3) is 1.41. The summed E-state index contributed by atoms with van der Waals surface area (Å²) in [5.41, 5.74) is 6.03. The molecular weight excluding hydrogens is 130 g/mol. The van der Waals surface area contributed by atoms with Gasteiger partial charge in [-0.05, 0) is 6.92 Å². The van der Waals surface area contributed by atoms with Crippen molar-refractivity contribution in [1.29, 1.82) is 0 Å². The van der Waals surface area contributed by atoms with Gasteiger partial charge in [0.2, 0.25) is 0 Å². The lowest BCUT2D eigenvalue weighted by Gasteiger charge is -2.22. The SMILES string of the molecule is CC1(N)N=CC(C=O)=CN1. The Morgan fingerprint density at radius 1 is 1.90 bits per heavy atom. The minimum atomic E-state index is -0.757. The number of hydrogen-bond donors (Lipinski definition) is 2. The summed E-state index contributed by atoms with van der Waals surface area (Å²) in [6, 6.07) is 0. The van der Waals surface area contributed by atoms with E-state index in [2.05, 4.69) is 10.3 Å². The molecular formula is C6H9N3O. The Hall–Kier alpha value is -1.16. The van der Waals surface area contributed by atoms with Crippen LogP contribution < -0.4 is 11.1 Å². The average molecular weight is 139 g/mol. The second kappa shape index (κ2) is 2.22. The number of carbonyl (C=O) groups is 1. The van der Waals surface area contributed by atoms with Crippen molar-refractivity contribution in [3.05, 3.63) is 11.8 Å². The topological polar surface area (TPSA) is 67.5 Å². The van der Waals surface area contributed by atoms with Gasteiger partial charge in [0.15, 0.2) is 12.1 Å². The highest BCUT2D eigenvalue weighted by atomic mass is 16.1. The average Bonchev–Trinajstić information content (AvgIpc) is 1.88. The zero-order chi connectivity index (χ0) is 7.61. The number of aldehydes is 1. The number of nitrogens with zero attached hydrogens (tertiary/aromatic N) is 1. The highest BCUT2D eigenvalue weighted by Crippen LogP contribution is 2.01. The molecule has 54 valence electrons. The molecule has 0 aromatic carbocycles. The monoisotopic (exact) mass is 139 g/mol. The van der Waals surface area contributed by atoms with Crippen LogP contribution >= 0.6 is 0 Å². The van der Waals surface area contributed by atoms with Gasteiger partial charge in [0, 0.05) is 18.0 Å². The molecule has 1 rings (SSSR count). The molecule has 0 spiro atoms. The van der Waals surface area contributed by atoms with E-state index in [0.717, 1.165) is 0 Å². The van der Waals surface area contributed by atoms with E-state index < -0.39 is 5.79 Å². The lowest BCUT2D eigenvalue weighted by Crippen LogP contribution is -2.48.